The zero-order valence-corrected chi connectivity index (χ0v) is 11.3. The molecule has 0 aromatic heterocycles. The Morgan fingerprint density at radius 3 is 2.68 bits per heavy atom. The van der Waals surface area contributed by atoms with Gasteiger partial charge in [-0.05, 0) is 30.4 Å². The van der Waals surface area contributed by atoms with Crippen molar-refractivity contribution in [2.75, 3.05) is 6.54 Å². The van der Waals surface area contributed by atoms with E-state index in [0.29, 0.717) is 6.54 Å². The number of amides is 1. The van der Waals surface area contributed by atoms with Crippen LogP contribution < -0.4 is 0 Å². The lowest BCUT2D eigenvalue weighted by Crippen LogP contribution is -2.43. The molecular formula is C15H19NO3. The van der Waals surface area contributed by atoms with Crippen molar-refractivity contribution in [3.63, 3.8) is 0 Å². The lowest BCUT2D eigenvalue weighted by molar-refractivity contribution is -0.149. The van der Waals surface area contributed by atoms with Gasteiger partial charge >= 0.3 is 5.97 Å². The normalized spacial score (nSPS) is 22.5. The van der Waals surface area contributed by atoms with E-state index in [2.05, 4.69) is 0 Å². The molecule has 0 radical (unpaired) electrons. The summed E-state index contributed by atoms with van der Waals surface area (Å²) in [5.41, 5.74) is 2.03. The van der Waals surface area contributed by atoms with Gasteiger partial charge in [0.1, 0.15) is 6.04 Å². The van der Waals surface area contributed by atoms with Crippen LogP contribution in [0.4, 0.5) is 0 Å². The van der Waals surface area contributed by atoms with Gasteiger partial charge in [0.15, 0.2) is 0 Å². The SMILES string of the molecule is Cc1ccccc1CC(=O)N1CCC(C)C1C(=O)O. The standard InChI is InChI=1S/C15H19NO3/c1-10-5-3-4-6-12(10)9-13(17)16-8-7-11(2)14(16)15(18)19/h3-6,11,14H,7-9H2,1-2H3,(H,18,19). The fourth-order valence-corrected chi connectivity index (χ4v) is 2.68. The monoisotopic (exact) mass is 261 g/mol. The van der Waals surface area contributed by atoms with Gasteiger partial charge in [0.25, 0.3) is 0 Å². The number of hydrogen-bond acceptors (Lipinski definition) is 2. The first-order valence-corrected chi connectivity index (χ1v) is 6.57. The predicted molar refractivity (Wildman–Crippen MR) is 71.8 cm³/mol. The molecule has 1 aliphatic heterocycles. The van der Waals surface area contributed by atoms with Gasteiger partial charge in [-0.1, -0.05) is 31.2 Å². The molecule has 102 valence electrons. The maximum absolute atomic E-state index is 12.3. The number of aliphatic carboxylic acids is 1. The fraction of sp³-hybridized carbons (Fsp3) is 0.467. The zero-order chi connectivity index (χ0) is 14.0. The van der Waals surface area contributed by atoms with E-state index in [4.69, 9.17) is 0 Å². The Balaban J connectivity index is 2.12. The van der Waals surface area contributed by atoms with E-state index in [0.717, 1.165) is 17.5 Å². The van der Waals surface area contributed by atoms with Crippen LogP contribution in [0, 0.1) is 12.8 Å². The van der Waals surface area contributed by atoms with Crippen molar-refractivity contribution < 1.29 is 14.7 Å². The summed E-state index contributed by atoms with van der Waals surface area (Å²) in [7, 11) is 0. The highest BCUT2D eigenvalue weighted by atomic mass is 16.4. The summed E-state index contributed by atoms with van der Waals surface area (Å²) in [6, 6.07) is 7.04. The molecule has 0 bridgehead atoms. The van der Waals surface area contributed by atoms with Gasteiger partial charge in [-0.2, -0.15) is 0 Å². The summed E-state index contributed by atoms with van der Waals surface area (Å²) >= 11 is 0. The second-order valence-corrected chi connectivity index (χ2v) is 5.24. The van der Waals surface area contributed by atoms with E-state index in [-0.39, 0.29) is 18.2 Å². The minimum absolute atomic E-state index is 0.0262. The number of carbonyl (C=O) groups is 2. The van der Waals surface area contributed by atoms with Crippen LogP contribution in [0.3, 0.4) is 0 Å². The van der Waals surface area contributed by atoms with Crippen LogP contribution >= 0.6 is 0 Å². The van der Waals surface area contributed by atoms with Crippen LogP contribution in [0.1, 0.15) is 24.5 Å². The van der Waals surface area contributed by atoms with Crippen LogP contribution in [-0.2, 0) is 16.0 Å². The maximum Gasteiger partial charge on any atom is 0.326 e. The van der Waals surface area contributed by atoms with Gasteiger partial charge in [0.2, 0.25) is 5.91 Å². The highest BCUT2D eigenvalue weighted by Gasteiger charge is 2.39. The molecule has 2 rings (SSSR count). The summed E-state index contributed by atoms with van der Waals surface area (Å²) in [6.07, 6.45) is 1.04. The number of carboxylic acids is 1. The molecular weight excluding hydrogens is 242 g/mol. The van der Waals surface area contributed by atoms with Crippen molar-refractivity contribution in [3.05, 3.63) is 35.4 Å². The number of likely N-dealkylation sites (tertiary alicyclic amines) is 1. The van der Waals surface area contributed by atoms with E-state index >= 15 is 0 Å². The van der Waals surface area contributed by atoms with E-state index < -0.39 is 12.0 Å². The summed E-state index contributed by atoms with van der Waals surface area (Å²) in [5.74, 6) is -0.965. The van der Waals surface area contributed by atoms with Gasteiger partial charge < -0.3 is 10.0 Å². The van der Waals surface area contributed by atoms with E-state index in [1.807, 2.05) is 38.1 Å². The van der Waals surface area contributed by atoms with Crippen LogP contribution in [-0.4, -0.2) is 34.5 Å². The van der Waals surface area contributed by atoms with Gasteiger partial charge in [-0.25, -0.2) is 4.79 Å². The predicted octanol–water partition coefficient (Wildman–Crippen LogP) is 1.86. The minimum Gasteiger partial charge on any atom is -0.480 e. The Kier molecular flexibility index (Phi) is 3.88. The van der Waals surface area contributed by atoms with Crippen molar-refractivity contribution in [1.29, 1.82) is 0 Å². The molecule has 1 fully saturated rings. The number of rotatable bonds is 3. The fourth-order valence-electron chi connectivity index (χ4n) is 2.68. The first kappa shape index (κ1) is 13.6. The molecule has 1 aromatic rings. The number of carboxylic acid groups (broad SMARTS) is 1. The summed E-state index contributed by atoms with van der Waals surface area (Å²) < 4.78 is 0. The van der Waals surface area contributed by atoms with Crippen molar-refractivity contribution >= 4 is 11.9 Å². The molecule has 2 atom stereocenters. The number of hydrogen-bond donors (Lipinski definition) is 1. The van der Waals surface area contributed by atoms with Gasteiger partial charge in [-0.3, -0.25) is 4.79 Å². The number of carbonyl (C=O) groups excluding carboxylic acids is 1. The summed E-state index contributed by atoms with van der Waals surface area (Å²) in [6.45, 7) is 4.40. The highest BCUT2D eigenvalue weighted by Crippen LogP contribution is 2.25. The van der Waals surface area contributed by atoms with Gasteiger partial charge in [-0.15, -0.1) is 0 Å². The van der Waals surface area contributed by atoms with Crippen LogP contribution in [0.15, 0.2) is 24.3 Å². The zero-order valence-electron chi connectivity index (χ0n) is 11.3. The third-order valence-electron chi connectivity index (χ3n) is 3.88. The van der Waals surface area contributed by atoms with E-state index in [9.17, 15) is 14.7 Å². The summed E-state index contributed by atoms with van der Waals surface area (Å²) in [4.78, 5) is 25.1. The molecule has 4 nitrogen and oxygen atoms in total. The largest absolute Gasteiger partial charge is 0.480 e. The van der Waals surface area contributed by atoms with Crippen molar-refractivity contribution in [2.45, 2.75) is 32.7 Å². The van der Waals surface area contributed by atoms with Crippen LogP contribution in [0.2, 0.25) is 0 Å². The van der Waals surface area contributed by atoms with Gasteiger partial charge in [0, 0.05) is 6.54 Å². The molecule has 0 spiro atoms. The molecule has 0 aliphatic carbocycles. The molecule has 4 heteroatoms. The Hall–Kier alpha value is -1.84. The summed E-state index contributed by atoms with van der Waals surface area (Å²) in [5, 5.41) is 9.23. The molecule has 1 heterocycles. The van der Waals surface area contributed by atoms with Crippen molar-refractivity contribution in [3.8, 4) is 0 Å². The minimum atomic E-state index is -0.900. The first-order valence-electron chi connectivity index (χ1n) is 6.57. The molecule has 1 saturated heterocycles. The van der Waals surface area contributed by atoms with E-state index in [1.54, 1.807) is 0 Å². The molecule has 19 heavy (non-hydrogen) atoms. The number of aryl methyl sites for hydroxylation is 1. The maximum atomic E-state index is 12.3. The smallest absolute Gasteiger partial charge is 0.326 e. The molecule has 1 aliphatic rings. The highest BCUT2D eigenvalue weighted by molar-refractivity contribution is 5.86. The lowest BCUT2D eigenvalue weighted by atomic mass is 10.0. The molecule has 1 aromatic carbocycles. The molecule has 1 amide bonds. The second-order valence-electron chi connectivity index (χ2n) is 5.24. The molecule has 0 saturated carbocycles. The lowest BCUT2D eigenvalue weighted by Gasteiger charge is -2.23. The average Bonchev–Trinajstić information content (AvgIpc) is 2.74. The Bertz CT molecular complexity index is 498. The Morgan fingerprint density at radius 2 is 2.05 bits per heavy atom. The first-order chi connectivity index (χ1) is 9.00. The Labute approximate surface area is 113 Å². The third kappa shape index (κ3) is 2.78. The number of nitrogens with zero attached hydrogens (tertiary/aromatic N) is 1. The Morgan fingerprint density at radius 1 is 1.37 bits per heavy atom. The number of benzene rings is 1. The third-order valence-corrected chi connectivity index (χ3v) is 3.88. The van der Waals surface area contributed by atoms with Gasteiger partial charge in [0.05, 0.1) is 6.42 Å². The second kappa shape index (κ2) is 5.43. The molecule has 2 unspecified atom stereocenters. The van der Waals surface area contributed by atoms with Crippen LogP contribution in [0.25, 0.3) is 0 Å². The van der Waals surface area contributed by atoms with Crippen molar-refractivity contribution in [2.24, 2.45) is 5.92 Å². The average molecular weight is 261 g/mol. The van der Waals surface area contributed by atoms with Crippen LogP contribution in [0.5, 0.6) is 0 Å². The molecule has 1 N–H and O–H groups in total. The van der Waals surface area contributed by atoms with E-state index in [1.165, 1.54) is 4.90 Å². The quantitative estimate of drug-likeness (QED) is 0.903. The topological polar surface area (TPSA) is 57.6 Å². The van der Waals surface area contributed by atoms with Crippen molar-refractivity contribution in [1.82, 2.24) is 4.90 Å².